The van der Waals surface area contributed by atoms with Gasteiger partial charge in [0.2, 0.25) is 11.9 Å². The molecule has 0 radical (unpaired) electrons. The zero-order valence-corrected chi connectivity index (χ0v) is 17.7. The molecule has 0 bridgehead atoms. The number of anilines is 1. The average Bonchev–Trinajstić information content (AvgIpc) is 3.51. The number of carbonyl (C=O) groups excluding carboxylic acids is 1. The van der Waals surface area contributed by atoms with Gasteiger partial charge in [-0.3, -0.25) is 23.7 Å². The highest BCUT2D eigenvalue weighted by Gasteiger charge is 2.35. The summed E-state index contributed by atoms with van der Waals surface area (Å²) in [4.78, 5) is 42.0. The first-order chi connectivity index (χ1) is 15.5. The third kappa shape index (κ3) is 4.90. The van der Waals surface area contributed by atoms with Gasteiger partial charge in [0.15, 0.2) is 19.6 Å². The Morgan fingerprint density at radius 3 is 3.09 bits per heavy atom. The standard InChI is InChI=1S/C18H21N8O5P/c27-11-5-14(31-12(11)7-32-30)26-9-23-15-16(26)24-18(25-17(15)29)21-4-3-20-13(28)2-1-10-6-19-8-22-10/h1-2,6,8-9,11-12,14,27H,3-5,7H2,(H,19,22)(H,20,28)(H2,21,24,25,29)/b2-1+. The molecule has 3 atom stereocenters. The van der Waals surface area contributed by atoms with E-state index in [1.807, 2.05) is 0 Å². The van der Waals surface area contributed by atoms with E-state index in [-0.39, 0.29) is 38.4 Å². The second-order valence-corrected chi connectivity index (χ2v) is 7.66. The number of hydrogen-bond acceptors (Lipinski definition) is 9. The largest absolute Gasteiger partial charge is 0.390 e. The Bertz CT molecular complexity index is 1170. The lowest BCUT2D eigenvalue weighted by atomic mass is 10.2. The van der Waals surface area contributed by atoms with E-state index in [0.717, 1.165) is 0 Å². The van der Waals surface area contributed by atoms with Crippen LogP contribution in [0, 0.1) is 0 Å². The number of aliphatic hydroxyl groups is 1. The fourth-order valence-corrected chi connectivity index (χ4v) is 3.77. The Labute approximate surface area is 182 Å². The van der Waals surface area contributed by atoms with Crippen LogP contribution in [0.3, 0.4) is 0 Å². The summed E-state index contributed by atoms with van der Waals surface area (Å²) in [7, 11) is -0.115. The van der Waals surface area contributed by atoms with Crippen molar-refractivity contribution in [2.75, 3.05) is 24.6 Å². The van der Waals surface area contributed by atoms with E-state index in [2.05, 4.69) is 35.6 Å². The summed E-state index contributed by atoms with van der Waals surface area (Å²) in [5.74, 6) is -0.0694. The fraction of sp³-hybridized carbons (Fsp3) is 0.389. The molecule has 32 heavy (non-hydrogen) atoms. The SMILES string of the molecule is O=PCC1OC(n2cnc3c(=O)[nH]c(NCCNC(=O)/C=C/c4cnc[nH]4)nc32)CC1O. The molecule has 13 nitrogen and oxygen atoms in total. The molecule has 1 saturated heterocycles. The van der Waals surface area contributed by atoms with Crippen molar-refractivity contribution in [3.8, 4) is 0 Å². The molecule has 1 amide bonds. The first kappa shape index (κ1) is 21.8. The summed E-state index contributed by atoms with van der Waals surface area (Å²) < 4.78 is 18.2. The van der Waals surface area contributed by atoms with Crippen LogP contribution in [-0.2, 0) is 14.1 Å². The molecular weight excluding hydrogens is 439 g/mol. The number of nitrogens with one attached hydrogen (secondary N) is 4. The van der Waals surface area contributed by atoms with E-state index in [0.29, 0.717) is 24.4 Å². The number of amides is 1. The summed E-state index contributed by atoms with van der Waals surface area (Å²) in [6, 6.07) is 0. The molecule has 1 aliphatic heterocycles. The zero-order valence-electron chi connectivity index (χ0n) is 16.8. The lowest BCUT2D eigenvalue weighted by Gasteiger charge is -2.14. The number of carbonyl (C=O) groups is 1. The Balaban J connectivity index is 1.37. The first-order valence-corrected chi connectivity index (χ1v) is 10.8. The molecule has 1 fully saturated rings. The molecule has 4 heterocycles. The number of rotatable bonds is 9. The highest BCUT2D eigenvalue weighted by Crippen LogP contribution is 2.31. The molecule has 168 valence electrons. The van der Waals surface area contributed by atoms with Crippen molar-refractivity contribution in [3.05, 3.63) is 41.0 Å². The van der Waals surface area contributed by atoms with Gasteiger partial charge >= 0.3 is 0 Å². The van der Waals surface area contributed by atoms with Gasteiger partial charge in [-0.25, -0.2) is 9.97 Å². The van der Waals surface area contributed by atoms with E-state index in [1.54, 1.807) is 16.8 Å². The lowest BCUT2D eigenvalue weighted by molar-refractivity contribution is -0.116. The summed E-state index contributed by atoms with van der Waals surface area (Å²) in [6.07, 6.45) is 6.04. The Kier molecular flexibility index (Phi) is 6.69. The summed E-state index contributed by atoms with van der Waals surface area (Å²) in [5, 5.41) is 15.8. The minimum Gasteiger partial charge on any atom is -0.390 e. The van der Waals surface area contributed by atoms with E-state index in [4.69, 9.17) is 4.74 Å². The summed E-state index contributed by atoms with van der Waals surface area (Å²) >= 11 is 0. The molecule has 1 aliphatic rings. The van der Waals surface area contributed by atoms with Crippen molar-refractivity contribution >= 4 is 37.6 Å². The maximum absolute atomic E-state index is 12.4. The monoisotopic (exact) mass is 460 g/mol. The quantitative estimate of drug-likeness (QED) is 0.167. The van der Waals surface area contributed by atoms with Gasteiger partial charge < -0.3 is 25.5 Å². The highest BCUT2D eigenvalue weighted by molar-refractivity contribution is 7.23. The van der Waals surface area contributed by atoms with Crippen LogP contribution in [0.5, 0.6) is 0 Å². The van der Waals surface area contributed by atoms with Gasteiger partial charge in [0.1, 0.15) is 6.23 Å². The third-order valence-electron chi connectivity index (χ3n) is 4.85. The van der Waals surface area contributed by atoms with Crippen LogP contribution >= 0.6 is 8.46 Å². The topological polar surface area (TPSA) is 180 Å². The van der Waals surface area contributed by atoms with Crippen molar-refractivity contribution in [3.63, 3.8) is 0 Å². The molecule has 3 unspecified atom stereocenters. The second kappa shape index (κ2) is 9.81. The zero-order chi connectivity index (χ0) is 22.5. The molecule has 3 aromatic rings. The second-order valence-electron chi connectivity index (χ2n) is 7.04. The number of ether oxygens (including phenoxy) is 1. The number of imidazole rings is 2. The van der Waals surface area contributed by atoms with Crippen molar-refractivity contribution in [1.82, 2.24) is 34.8 Å². The number of aromatic amines is 2. The van der Waals surface area contributed by atoms with Crippen LogP contribution in [0.4, 0.5) is 5.95 Å². The van der Waals surface area contributed by atoms with E-state index >= 15 is 0 Å². The molecule has 0 saturated carbocycles. The lowest BCUT2D eigenvalue weighted by Crippen LogP contribution is -2.28. The molecule has 0 aliphatic carbocycles. The average molecular weight is 460 g/mol. The van der Waals surface area contributed by atoms with Crippen LogP contribution < -0.4 is 16.2 Å². The maximum atomic E-state index is 12.4. The van der Waals surface area contributed by atoms with Gasteiger partial charge in [0.05, 0.1) is 42.9 Å². The van der Waals surface area contributed by atoms with Gasteiger partial charge in [-0.2, -0.15) is 4.98 Å². The molecule has 0 aromatic carbocycles. The minimum absolute atomic E-state index is 0.115. The van der Waals surface area contributed by atoms with Crippen molar-refractivity contribution in [1.29, 1.82) is 0 Å². The number of hydrogen-bond donors (Lipinski definition) is 5. The van der Waals surface area contributed by atoms with Gasteiger partial charge in [-0.15, -0.1) is 0 Å². The normalized spacial score (nSPS) is 21.0. The molecule has 14 heteroatoms. The van der Waals surface area contributed by atoms with Crippen molar-refractivity contribution in [2.45, 2.75) is 24.9 Å². The first-order valence-electron chi connectivity index (χ1n) is 9.83. The van der Waals surface area contributed by atoms with Crippen LogP contribution in [-0.4, -0.2) is 72.0 Å². The summed E-state index contributed by atoms with van der Waals surface area (Å²) in [5.41, 5.74) is 0.704. The predicted octanol–water partition coefficient (Wildman–Crippen LogP) is 0.0243. The number of nitrogens with zero attached hydrogens (tertiary/aromatic N) is 4. The third-order valence-corrected chi connectivity index (χ3v) is 5.36. The van der Waals surface area contributed by atoms with Crippen molar-refractivity contribution in [2.24, 2.45) is 0 Å². The Morgan fingerprint density at radius 2 is 2.31 bits per heavy atom. The Morgan fingerprint density at radius 1 is 1.44 bits per heavy atom. The van der Waals surface area contributed by atoms with Crippen LogP contribution in [0.1, 0.15) is 18.3 Å². The number of fused-ring (bicyclic) bond motifs is 1. The maximum Gasteiger partial charge on any atom is 0.280 e. The van der Waals surface area contributed by atoms with E-state index in [1.165, 1.54) is 18.7 Å². The van der Waals surface area contributed by atoms with Crippen LogP contribution in [0.25, 0.3) is 17.2 Å². The molecule has 4 rings (SSSR count). The summed E-state index contributed by atoms with van der Waals surface area (Å²) in [6.45, 7) is 0.608. The van der Waals surface area contributed by atoms with Crippen LogP contribution in [0.15, 0.2) is 29.7 Å². The van der Waals surface area contributed by atoms with E-state index in [9.17, 15) is 19.3 Å². The van der Waals surface area contributed by atoms with Crippen LogP contribution in [0.2, 0.25) is 0 Å². The number of aliphatic hydroxyl groups excluding tert-OH is 1. The molecule has 5 N–H and O–H groups in total. The molecule has 0 spiro atoms. The smallest absolute Gasteiger partial charge is 0.280 e. The number of aromatic nitrogens is 6. The number of H-pyrrole nitrogens is 2. The molecule has 3 aromatic heterocycles. The van der Waals surface area contributed by atoms with Crippen molar-refractivity contribution < 1.29 is 19.2 Å². The van der Waals surface area contributed by atoms with Gasteiger partial charge in [-0.1, -0.05) is 0 Å². The fourth-order valence-electron chi connectivity index (χ4n) is 3.29. The van der Waals surface area contributed by atoms with Gasteiger partial charge in [-0.05, 0) is 6.08 Å². The minimum atomic E-state index is -0.774. The Hall–Kier alpha value is -3.41. The van der Waals surface area contributed by atoms with Gasteiger partial charge in [0, 0.05) is 25.6 Å². The van der Waals surface area contributed by atoms with E-state index < -0.39 is 24.0 Å². The predicted molar refractivity (Wildman–Crippen MR) is 114 cm³/mol. The highest BCUT2D eigenvalue weighted by atomic mass is 31.1. The molecular formula is C18H21N8O5P. The van der Waals surface area contributed by atoms with Gasteiger partial charge in [0.25, 0.3) is 5.56 Å².